The van der Waals surface area contributed by atoms with Gasteiger partial charge >= 0.3 is 0 Å². The van der Waals surface area contributed by atoms with E-state index in [1.165, 1.54) is 0 Å². The SMILES string of the molecule is CCOc1cccc(C(=O)c2cccc(OC(C)C)c2)c1. The van der Waals surface area contributed by atoms with Crippen molar-refractivity contribution in [3.05, 3.63) is 59.7 Å². The summed E-state index contributed by atoms with van der Waals surface area (Å²) in [6.07, 6.45) is 0.0802. The van der Waals surface area contributed by atoms with Gasteiger partial charge in [0, 0.05) is 11.1 Å². The summed E-state index contributed by atoms with van der Waals surface area (Å²) >= 11 is 0. The average molecular weight is 284 g/mol. The number of ketones is 1. The highest BCUT2D eigenvalue weighted by molar-refractivity contribution is 6.09. The van der Waals surface area contributed by atoms with Crippen molar-refractivity contribution in [2.45, 2.75) is 26.9 Å². The second-order valence-corrected chi connectivity index (χ2v) is 4.98. The van der Waals surface area contributed by atoms with Gasteiger partial charge in [-0.15, -0.1) is 0 Å². The Kier molecular flexibility index (Phi) is 4.99. The summed E-state index contributed by atoms with van der Waals surface area (Å²) in [5.41, 5.74) is 1.23. The van der Waals surface area contributed by atoms with Gasteiger partial charge in [-0.05, 0) is 45.0 Å². The monoisotopic (exact) mass is 284 g/mol. The normalized spacial score (nSPS) is 10.5. The van der Waals surface area contributed by atoms with E-state index in [0.29, 0.717) is 29.2 Å². The van der Waals surface area contributed by atoms with Gasteiger partial charge in [-0.25, -0.2) is 0 Å². The molecule has 0 amide bonds. The molecule has 0 bridgehead atoms. The largest absolute Gasteiger partial charge is 0.494 e. The third-order valence-corrected chi connectivity index (χ3v) is 2.88. The van der Waals surface area contributed by atoms with Crippen molar-refractivity contribution < 1.29 is 14.3 Å². The first-order chi connectivity index (χ1) is 10.1. The first kappa shape index (κ1) is 15.1. The van der Waals surface area contributed by atoms with Gasteiger partial charge in [0.05, 0.1) is 12.7 Å². The van der Waals surface area contributed by atoms with Gasteiger partial charge in [-0.1, -0.05) is 24.3 Å². The Bertz CT molecular complexity index is 617. The van der Waals surface area contributed by atoms with Crippen LogP contribution in [0.25, 0.3) is 0 Å². The smallest absolute Gasteiger partial charge is 0.193 e. The molecule has 3 heteroatoms. The summed E-state index contributed by atoms with van der Waals surface area (Å²) < 4.78 is 11.1. The van der Waals surface area contributed by atoms with Crippen LogP contribution in [0.3, 0.4) is 0 Å². The van der Waals surface area contributed by atoms with Gasteiger partial charge in [0.2, 0.25) is 0 Å². The number of benzene rings is 2. The minimum atomic E-state index is -0.0363. The molecule has 0 saturated carbocycles. The van der Waals surface area contributed by atoms with Gasteiger partial charge in [-0.3, -0.25) is 4.79 Å². The van der Waals surface area contributed by atoms with Crippen LogP contribution >= 0.6 is 0 Å². The van der Waals surface area contributed by atoms with Crippen LogP contribution in [0, 0.1) is 0 Å². The van der Waals surface area contributed by atoms with E-state index < -0.39 is 0 Å². The fraction of sp³-hybridized carbons (Fsp3) is 0.278. The van der Waals surface area contributed by atoms with Crippen LogP contribution in [0.15, 0.2) is 48.5 Å². The van der Waals surface area contributed by atoms with Gasteiger partial charge in [0.1, 0.15) is 11.5 Å². The molecule has 0 fully saturated rings. The maximum Gasteiger partial charge on any atom is 0.193 e. The highest BCUT2D eigenvalue weighted by Gasteiger charge is 2.11. The minimum absolute atomic E-state index is 0.0363. The van der Waals surface area contributed by atoms with Crippen LogP contribution in [-0.4, -0.2) is 18.5 Å². The molecule has 2 aromatic carbocycles. The fourth-order valence-electron chi connectivity index (χ4n) is 2.04. The molecule has 0 spiro atoms. The van der Waals surface area contributed by atoms with Crippen molar-refractivity contribution in [3.8, 4) is 11.5 Å². The van der Waals surface area contributed by atoms with Gasteiger partial charge in [0.15, 0.2) is 5.78 Å². The number of hydrogen-bond acceptors (Lipinski definition) is 3. The molecule has 2 aromatic rings. The lowest BCUT2D eigenvalue weighted by molar-refractivity contribution is 0.103. The lowest BCUT2D eigenvalue weighted by Crippen LogP contribution is -2.07. The molecule has 0 aliphatic heterocycles. The molecule has 0 radical (unpaired) electrons. The van der Waals surface area contributed by atoms with Crippen LogP contribution in [0.5, 0.6) is 11.5 Å². The first-order valence-corrected chi connectivity index (χ1v) is 7.14. The van der Waals surface area contributed by atoms with Crippen LogP contribution in [0.2, 0.25) is 0 Å². The molecular formula is C18H20O3. The number of hydrogen-bond donors (Lipinski definition) is 0. The average Bonchev–Trinajstić information content (AvgIpc) is 2.47. The Balaban J connectivity index is 2.25. The topological polar surface area (TPSA) is 35.5 Å². The quantitative estimate of drug-likeness (QED) is 0.749. The lowest BCUT2D eigenvalue weighted by atomic mass is 10.0. The van der Waals surface area contributed by atoms with Crippen molar-refractivity contribution in [1.82, 2.24) is 0 Å². The van der Waals surface area contributed by atoms with Crippen molar-refractivity contribution in [2.75, 3.05) is 6.61 Å². The van der Waals surface area contributed by atoms with Crippen molar-refractivity contribution >= 4 is 5.78 Å². The highest BCUT2D eigenvalue weighted by atomic mass is 16.5. The standard InChI is InChI=1S/C18H20O3/c1-4-20-16-9-5-7-14(11-16)18(19)15-8-6-10-17(12-15)21-13(2)3/h5-13H,4H2,1-3H3. The summed E-state index contributed by atoms with van der Waals surface area (Å²) in [5.74, 6) is 1.38. The molecule has 21 heavy (non-hydrogen) atoms. The lowest BCUT2D eigenvalue weighted by Gasteiger charge is -2.11. The number of ether oxygens (including phenoxy) is 2. The molecule has 0 aliphatic rings. The second kappa shape index (κ2) is 6.93. The van der Waals surface area contributed by atoms with Gasteiger partial charge in [0.25, 0.3) is 0 Å². The molecule has 110 valence electrons. The summed E-state index contributed by atoms with van der Waals surface area (Å²) in [6.45, 7) is 6.41. The highest BCUT2D eigenvalue weighted by Crippen LogP contribution is 2.20. The second-order valence-electron chi connectivity index (χ2n) is 4.98. The Hall–Kier alpha value is -2.29. The third-order valence-electron chi connectivity index (χ3n) is 2.88. The zero-order valence-electron chi connectivity index (χ0n) is 12.6. The van der Waals surface area contributed by atoms with Gasteiger partial charge in [-0.2, -0.15) is 0 Å². The molecule has 0 aromatic heterocycles. The van der Waals surface area contributed by atoms with Crippen LogP contribution in [0.1, 0.15) is 36.7 Å². The predicted octanol–water partition coefficient (Wildman–Crippen LogP) is 4.10. The molecule has 0 N–H and O–H groups in total. The third kappa shape index (κ3) is 4.09. The Morgan fingerprint density at radius 2 is 1.57 bits per heavy atom. The van der Waals surface area contributed by atoms with Crippen LogP contribution in [0.4, 0.5) is 0 Å². The Morgan fingerprint density at radius 1 is 1.00 bits per heavy atom. The Labute approximate surface area is 125 Å². The van der Waals surface area contributed by atoms with Crippen LogP contribution in [-0.2, 0) is 0 Å². The fourth-order valence-corrected chi connectivity index (χ4v) is 2.04. The zero-order valence-corrected chi connectivity index (χ0v) is 12.6. The molecule has 0 saturated heterocycles. The van der Waals surface area contributed by atoms with E-state index in [1.54, 1.807) is 24.3 Å². The summed E-state index contributed by atoms with van der Waals surface area (Å²) in [4.78, 5) is 12.5. The van der Waals surface area contributed by atoms with E-state index in [-0.39, 0.29) is 11.9 Å². The molecule has 0 aliphatic carbocycles. The number of rotatable bonds is 6. The number of carbonyl (C=O) groups excluding carboxylic acids is 1. The molecule has 2 rings (SSSR count). The maximum absolute atomic E-state index is 12.5. The maximum atomic E-state index is 12.5. The van der Waals surface area contributed by atoms with E-state index in [0.717, 1.165) is 0 Å². The van der Waals surface area contributed by atoms with Gasteiger partial charge < -0.3 is 9.47 Å². The first-order valence-electron chi connectivity index (χ1n) is 7.14. The molecule has 3 nitrogen and oxygen atoms in total. The molecule has 0 heterocycles. The summed E-state index contributed by atoms with van der Waals surface area (Å²) in [5, 5.41) is 0. The van der Waals surface area contributed by atoms with E-state index in [2.05, 4.69) is 0 Å². The van der Waals surface area contributed by atoms with E-state index in [1.807, 2.05) is 45.0 Å². The predicted molar refractivity (Wildman–Crippen MR) is 83.2 cm³/mol. The van der Waals surface area contributed by atoms with E-state index in [9.17, 15) is 4.79 Å². The van der Waals surface area contributed by atoms with Crippen molar-refractivity contribution in [3.63, 3.8) is 0 Å². The van der Waals surface area contributed by atoms with Crippen LogP contribution < -0.4 is 9.47 Å². The Morgan fingerprint density at radius 3 is 2.14 bits per heavy atom. The summed E-state index contributed by atoms with van der Waals surface area (Å²) in [6, 6.07) is 14.5. The molecule has 0 unspecified atom stereocenters. The van der Waals surface area contributed by atoms with Crippen molar-refractivity contribution in [1.29, 1.82) is 0 Å². The minimum Gasteiger partial charge on any atom is -0.494 e. The van der Waals surface area contributed by atoms with Crippen molar-refractivity contribution in [2.24, 2.45) is 0 Å². The van der Waals surface area contributed by atoms with E-state index in [4.69, 9.17) is 9.47 Å². The summed E-state index contributed by atoms with van der Waals surface area (Å²) in [7, 11) is 0. The zero-order chi connectivity index (χ0) is 15.2. The molecular weight excluding hydrogens is 264 g/mol. The van der Waals surface area contributed by atoms with E-state index >= 15 is 0 Å². The molecule has 0 atom stereocenters. The number of carbonyl (C=O) groups is 1.